The van der Waals surface area contributed by atoms with Crippen molar-refractivity contribution in [3.8, 4) is 5.75 Å². The largest absolute Gasteiger partial charge is 0.491 e. The van der Waals surface area contributed by atoms with Crippen molar-refractivity contribution in [1.29, 1.82) is 0 Å². The van der Waals surface area contributed by atoms with Gasteiger partial charge in [0.25, 0.3) is 0 Å². The van der Waals surface area contributed by atoms with E-state index >= 15 is 0 Å². The minimum absolute atomic E-state index is 0.293. The van der Waals surface area contributed by atoms with Crippen LogP contribution in [0.5, 0.6) is 5.75 Å². The van der Waals surface area contributed by atoms with Crippen molar-refractivity contribution < 1.29 is 18.6 Å². The molecule has 2 rings (SSSR count). The van der Waals surface area contributed by atoms with Crippen LogP contribution in [0.3, 0.4) is 0 Å². The Balaban J connectivity index is 1.91. The third-order valence-corrected chi connectivity index (χ3v) is 2.87. The Morgan fingerprint density at radius 3 is 2.39 bits per heavy atom. The van der Waals surface area contributed by atoms with Gasteiger partial charge in [-0.1, -0.05) is 17.7 Å². The van der Waals surface area contributed by atoms with Crippen molar-refractivity contribution >= 4 is 0 Å². The van der Waals surface area contributed by atoms with E-state index in [9.17, 15) is 4.39 Å². The van der Waals surface area contributed by atoms with Crippen LogP contribution in [0, 0.1) is 6.92 Å². The molecule has 0 saturated carbocycles. The molecule has 2 atom stereocenters. The molecule has 1 aromatic carbocycles. The first-order valence-corrected chi connectivity index (χ1v) is 6.11. The van der Waals surface area contributed by atoms with Crippen molar-refractivity contribution in [2.75, 3.05) is 13.3 Å². The van der Waals surface area contributed by atoms with Crippen LogP contribution < -0.4 is 4.74 Å². The van der Waals surface area contributed by atoms with E-state index in [2.05, 4.69) is 0 Å². The van der Waals surface area contributed by atoms with Gasteiger partial charge in [0.15, 0.2) is 5.79 Å². The second kappa shape index (κ2) is 5.24. The molecule has 1 aliphatic heterocycles. The van der Waals surface area contributed by atoms with Crippen LogP contribution in [0.4, 0.5) is 4.39 Å². The Kier molecular flexibility index (Phi) is 3.88. The lowest BCUT2D eigenvalue weighted by atomic mass is 10.2. The topological polar surface area (TPSA) is 27.7 Å². The molecule has 4 heteroatoms. The van der Waals surface area contributed by atoms with Crippen molar-refractivity contribution in [2.45, 2.75) is 38.8 Å². The molecule has 3 nitrogen and oxygen atoms in total. The molecular formula is C14H19FO3. The summed E-state index contributed by atoms with van der Waals surface area (Å²) < 4.78 is 29.5. The van der Waals surface area contributed by atoms with E-state index in [-0.39, 0.29) is 6.10 Å². The standard InChI is InChI=1S/C14H19FO3/c1-10-4-6-11(7-5-10)16-9-13-12(8-15)17-14(2,3)18-13/h4-7,12-13H,8-9H2,1-3H3/t12-,13-/m0/s1. The lowest BCUT2D eigenvalue weighted by molar-refractivity contribution is -0.149. The summed E-state index contributed by atoms with van der Waals surface area (Å²) in [7, 11) is 0. The lowest BCUT2D eigenvalue weighted by Gasteiger charge is -2.17. The molecule has 0 amide bonds. The molecule has 0 bridgehead atoms. The average molecular weight is 254 g/mol. The Morgan fingerprint density at radius 2 is 1.78 bits per heavy atom. The van der Waals surface area contributed by atoms with Crippen molar-refractivity contribution in [2.24, 2.45) is 0 Å². The molecule has 0 spiro atoms. The average Bonchev–Trinajstić information content (AvgIpc) is 2.63. The molecule has 100 valence electrons. The Hall–Kier alpha value is -1.13. The number of aryl methyl sites for hydroxylation is 1. The zero-order valence-electron chi connectivity index (χ0n) is 11.0. The van der Waals surface area contributed by atoms with E-state index in [1.54, 1.807) is 13.8 Å². The zero-order valence-corrected chi connectivity index (χ0v) is 11.0. The molecule has 1 saturated heterocycles. The molecule has 0 radical (unpaired) electrons. The minimum atomic E-state index is -0.738. The summed E-state index contributed by atoms with van der Waals surface area (Å²) in [6, 6.07) is 7.72. The molecule has 1 aliphatic rings. The zero-order chi connectivity index (χ0) is 13.2. The molecule has 18 heavy (non-hydrogen) atoms. The summed E-state index contributed by atoms with van der Waals surface area (Å²) in [6.45, 7) is 5.30. The van der Waals surface area contributed by atoms with Gasteiger partial charge >= 0.3 is 0 Å². The van der Waals surface area contributed by atoms with Gasteiger partial charge in [-0.3, -0.25) is 0 Å². The molecule has 1 heterocycles. The SMILES string of the molecule is Cc1ccc(OC[C@@H]2OC(C)(C)O[C@H]2CF)cc1. The van der Waals surface area contributed by atoms with Gasteiger partial charge < -0.3 is 14.2 Å². The molecule has 0 unspecified atom stereocenters. The predicted octanol–water partition coefficient (Wildman–Crippen LogP) is 2.86. The highest BCUT2D eigenvalue weighted by atomic mass is 19.1. The molecule has 0 aromatic heterocycles. The van der Waals surface area contributed by atoms with E-state index in [4.69, 9.17) is 14.2 Å². The van der Waals surface area contributed by atoms with E-state index < -0.39 is 18.6 Å². The van der Waals surface area contributed by atoms with Crippen molar-refractivity contribution in [3.05, 3.63) is 29.8 Å². The maximum Gasteiger partial charge on any atom is 0.164 e. The summed E-state index contributed by atoms with van der Waals surface area (Å²) in [5.41, 5.74) is 1.17. The highest BCUT2D eigenvalue weighted by Gasteiger charge is 2.41. The lowest BCUT2D eigenvalue weighted by Crippen LogP contribution is -2.30. The quantitative estimate of drug-likeness (QED) is 0.827. The van der Waals surface area contributed by atoms with Crippen LogP contribution in [0.2, 0.25) is 0 Å². The number of hydrogen-bond donors (Lipinski definition) is 0. The fourth-order valence-corrected chi connectivity index (χ4v) is 1.99. The Morgan fingerprint density at radius 1 is 1.17 bits per heavy atom. The number of rotatable bonds is 4. The summed E-state index contributed by atoms with van der Waals surface area (Å²) in [5.74, 6) is 0.0180. The smallest absolute Gasteiger partial charge is 0.164 e. The van der Waals surface area contributed by atoms with E-state index in [0.717, 1.165) is 5.75 Å². The number of benzene rings is 1. The second-order valence-corrected chi connectivity index (χ2v) is 4.99. The fourth-order valence-electron chi connectivity index (χ4n) is 1.99. The van der Waals surface area contributed by atoms with Gasteiger partial charge in [-0.2, -0.15) is 0 Å². The van der Waals surface area contributed by atoms with Gasteiger partial charge in [0.1, 0.15) is 31.2 Å². The Bertz CT molecular complexity index is 389. The van der Waals surface area contributed by atoms with Crippen LogP contribution in [0.25, 0.3) is 0 Å². The van der Waals surface area contributed by atoms with Crippen LogP contribution in [-0.2, 0) is 9.47 Å². The highest BCUT2D eigenvalue weighted by Crippen LogP contribution is 2.28. The number of hydrogen-bond acceptors (Lipinski definition) is 3. The summed E-state index contributed by atoms with van der Waals surface area (Å²) in [4.78, 5) is 0. The normalized spacial score (nSPS) is 26.2. The van der Waals surface area contributed by atoms with Crippen molar-refractivity contribution in [1.82, 2.24) is 0 Å². The molecule has 1 fully saturated rings. The summed E-state index contributed by atoms with van der Waals surface area (Å²) >= 11 is 0. The van der Waals surface area contributed by atoms with Crippen LogP contribution in [0.1, 0.15) is 19.4 Å². The van der Waals surface area contributed by atoms with E-state index in [0.29, 0.717) is 6.61 Å². The molecule has 0 aliphatic carbocycles. The van der Waals surface area contributed by atoms with Crippen molar-refractivity contribution in [3.63, 3.8) is 0 Å². The number of alkyl halides is 1. The third kappa shape index (κ3) is 3.21. The van der Waals surface area contributed by atoms with Gasteiger partial charge in [0.2, 0.25) is 0 Å². The van der Waals surface area contributed by atoms with Crippen LogP contribution >= 0.6 is 0 Å². The second-order valence-electron chi connectivity index (χ2n) is 4.99. The van der Waals surface area contributed by atoms with Gasteiger partial charge in [0, 0.05) is 0 Å². The van der Waals surface area contributed by atoms with Gasteiger partial charge in [0.05, 0.1) is 0 Å². The maximum absolute atomic E-state index is 12.8. The molecule has 0 N–H and O–H groups in total. The van der Waals surface area contributed by atoms with Crippen LogP contribution in [0.15, 0.2) is 24.3 Å². The van der Waals surface area contributed by atoms with Gasteiger partial charge in [-0.25, -0.2) is 4.39 Å². The Labute approximate surface area is 107 Å². The van der Waals surface area contributed by atoms with Crippen LogP contribution in [-0.4, -0.2) is 31.3 Å². The third-order valence-electron chi connectivity index (χ3n) is 2.87. The van der Waals surface area contributed by atoms with E-state index in [1.165, 1.54) is 5.56 Å². The number of ether oxygens (including phenoxy) is 3. The number of halogens is 1. The fraction of sp³-hybridized carbons (Fsp3) is 0.571. The first kappa shape index (κ1) is 13.3. The van der Waals surface area contributed by atoms with Gasteiger partial charge in [-0.05, 0) is 32.9 Å². The molecule has 1 aromatic rings. The molecular weight excluding hydrogens is 235 g/mol. The first-order valence-electron chi connectivity index (χ1n) is 6.11. The van der Waals surface area contributed by atoms with E-state index in [1.807, 2.05) is 31.2 Å². The monoisotopic (exact) mass is 254 g/mol. The summed E-state index contributed by atoms with van der Waals surface area (Å²) in [5, 5.41) is 0. The summed E-state index contributed by atoms with van der Waals surface area (Å²) in [6.07, 6.45) is -0.920. The van der Waals surface area contributed by atoms with Gasteiger partial charge in [-0.15, -0.1) is 0 Å². The first-order chi connectivity index (χ1) is 8.50. The highest BCUT2D eigenvalue weighted by molar-refractivity contribution is 5.26. The maximum atomic E-state index is 12.8. The predicted molar refractivity (Wildman–Crippen MR) is 66.5 cm³/mol. The minimum Gasteiger partial charge on any atom is -0.491 e.